The quantitative estimate of drug-likeness (QED) is 0.885. The van der Waals surface area contributed by atoms with Crippen LogP contribution in [-0.4, -0.2) is 37.0 Å². The highest BCUT2D eigenvalue weighted by Crippen LogP contribution is 2.32. The molecule has 4 nitrogen and oxygen atoms in total. The summed E-state index contributed by atoms with van der Waals surface area (Å²) < 4.78 is 1.05. The highest BCUT2D eigenvalue weighted by atomic mass is 79.9. The van der Waals surface area contributed by atoms with Crippen molar-refractivity contribution in [2.24, 2.45) is 5.73 Å². The maximum absolute atomic E-state index is 12.0. The third-order valence-corrected chi connectivity index (χ3v) is 4.45. The molecule has 1 aliphatic heterocycles. The van der Waals surface area contributed by atoms with Crippen LogP contribution in [0.15, 0.2) is 28.7 Å². The molecule has 2 rings (SSSR count). The topological polar surface area (TPSA) is 58.4 Å². The molecular weight excluding hydrogens is 306 g/mol. The number of likely N-dealkylation sites (tertiary alicyclic amines) is 1. The normalized spacial score (nSPS) is 21.3. The number of nitrogens with one attached hydrogen (secondary N) is 1. The van der Waals surface area contributed by atoms with Gasteiger partial charge in [-0.15, -0.1) is 0 Å². The fourth-order valence-electron chi connectivity index (χ4n) is 2.80. The number of nitrogens with two attached hydrogens (primary N) is 1. The van der Waals surface area contributed by atoms with E-state index in [-0.39, 0.29) is 18.0 Å². The lowest BCUT2D eigenvalue weighted by Crippen LogP contribution is -2.45. The van der Waals surface area contributed by atoms with E-state index in [9.17, 15) is 4.79 Å². The van der Waals surface area contributed by atoms with Crippen molar-refractivity contribution in [2.45, 2.75) is 24.9 Å². The van der Waals surface area contributed by atoms with Crippen LogP contribution in [0.1, 0.15) is 24.4 Å². The van der Waals surface area contributed by atoms with E-state index in [0.717, 1.165) is 29.4 Å². The van der Waals surface area contributed by atoms with Crippen LogP contribution in [0.25, 0.3) is 0 Å². The van der Waals surface area contributed by atoms with Gasteiger partial charge < -0.3 is 11.1 Å². The average Bonchev–Trinajstić information content (AvgIpc) is 2.90. The lowest BCUT2D eigenvalue weighted by atomic mass is 10.0. The smallest absolute Gasteiger partial charge is 0.237 e. The van der Waals surface area contributed by atoms with Gasteiger partial charge >= 0.3 is 0 Å². The number of benzene rings is 1. The first-order chi connectivity index (χ1) is 9.19. The van der Waals surface area contributed by atoms with E-state index in [2.05, 4.69) is 32.2 Å². The Labute approximate surface area is 122 Å². The molecule has 104 valence electrons. The average molecular weight is 326 g/mol. The number of carbonyl (C=O) groups is 1. The van der Waals surface area contributed by atoms with Crippen molar-refractivity contribution in [3.8, 4) is 0 Å². The molecule has 1 saturated heterocycles. The van der Waals surface area contributed by atoms with E-state index in [1.165, 1.54) is 0 Å². The van der Waals surface area contributed by atoms with Gasteiger partial charge in [0.25, 0.3) is 0 Å². The van der Waals surface area contributed by atoms with E-state index < -0.39 is 0 Å². The Hall–Kier alpha value is -0.910. The number of hydrogen-bond acceptors (Lipinski definition) is 3. The molecule has 1 fully saturated rings. The van der Waals surface area contributed by atoms with Gasteiger partial charge in [0.15, 0.2) is 0 Å². The molecular formula is C14H20BrN3O. The van der Waals surface area contributed by atoms with E-state index in [1.807, 2.05) is 18.2 Å². The number of amides is 1. The lowest BCUT2D eigenvalue weighted by Gasteiger charge is -2.32. The van der Waals surface area contributed by atoms with Gasteiger partial charge in [-0.3, -0.25) is 9.69 Å². The van der Waals surface area contributed by atoms with E-state index in [1.54, 1.807) is 7.05 Å². The summed E-state index contributed by atoms with van der Waals surface area (Å²) in [6.45, 7) is 1.43. The lowest BCUT2D eigenvalue weighted by molar-refractivity contribution is -0.125. The number of carbonyl (C=O) groups excluding carboxylic acids is 1. The molecule has 1 heterocycles. The molecule has 1 amide bonds. The molecule has 0 aromatic heterocycles. The molecule has 0 bridgehead atoms. The first-order valence-corrected chi connectivity index (χ1v) is 7.40. The van der Waals surface area contributed by atoms with Gasteiger partial charge in [0.2, 0.25) is 5.91 Å². The minimum atomic E-state index is -0.0642. The number of rotatable bonds is 4. The molecule has 0 spiro atoms. The van der Waals surface area contributed by atoms with Gasteiger partial charge in [0.05, 0.1) is 6.04 Å². The van der Waals surface area contributed by atoms with Crippen molar-refractivity contribution < 1.29 is 4.79 Å². The Balaban J connectivity index is 2.27. The molecule has 1 aromatic carbocycles. The van der Waals surface area contributed by atoms with Crippen LogP contribution in [0, 0.1) is 0 Å². The maximum Gasteiger partial charge on any atom is 0.237 e. The van der Waals surface area contributed by atoms with Crippen LogP contribution in [0.4, 0.5) is 0 Å². The summed E-state index contributed by atoms with van der Waals surface area (Å²) in [6, 6.07) is 8.10. The summed E-state index contributed by atoms with van der Waals surface area (Å²) in [7, 11) is 1.69. The van der Waals surface area contributed by atoms with E-state index in [4.69, 9.17) is 5.73 Å². The van der Waals surface area contributed by atoms with Crippen LogP contribution in [-0.2, 0) is 4.79 Å². The zero-order valence-corrected chi connectivity index (χ0v) is 12.7. The Morgan fingerprint density at radius 3 is 2.95 bits per heavy atom. The molecule has 3 N–H and O–H groups in total. The predicted octanol–water partition coefficient (Wildman–Crippen LogP) is 1.66. The second kappa shape index (κ2) is 6.50. The van der Waals surface area contributed by atoms with Gasteiger partial charge in [-0.25, -0.2) is 0 Å². The van der Waals surface area contributed by atoms with E-state index >= 15 is 0 Å². The van der Waals surface area contributed by atoms with Crippen LogP contribution >= 0.6 is 15.9 Å². The standard InChI is InChI=1S/C14H20BrN3O/c1-17-14(19)12-7-4-8-18(12)13(9-16)10-5-2-3-6-11(10)15/h2-3,5-6,12-13H,4,7-9,16H2,1H3,(H,17,19). The van der Waals surface area contributed by atoms with Gasteiger partial charge in [-0.05, 0) is 31.0 Å². The molecule has 1 aliphatic rings. The molecule has 19 heavy (non-hydrogen) atoms. The zero-order valence-electron chi connectivity index (χ0n) is 11.1. The Bertz CT molecular complexity index is 452. The van der Waals surface area contributed by atoms with Crippen LogP contribution in [0.3, 0.4) is 0 Å². The number of halogens is 1. The minimum Gasteiger partial charge on any atom is -0.358 e. The zero-order chi connectivity index (χ0) is 13.8. The molecule has 5 heteroatoms. The molecule has 0 radical (unpaired) electrons. The Morgan fingerprint density at radius 2 is 2.32 bits per heavy atom. The fraction of sp³-hybridized carbons (Fsp3) is 0.500. The minimum absolute atomic E-state index is 0.0642. The highest BCUT2D eigenvalue weighted by Gasteiger charge is 2.35. The van der Waals surface area contributed by atoms with Crippen molar-refractivity contribution in [1.82, 2.24) is 10.2 Å². The summed E-state index contributed by atoms with van der Waals surface area (Å²) in [5, 5.41) is 2.75. The number of hydrogen-bond donors (Lipinski definition) is 2. The first-order valence-electron chi connectivity index (χ1n) is 6.61. The van der Waals surface area contributed by atoms with Gasteiger partial charge in [-0.2, -0.15) is 0 Å². The summed E-state index contributed by atoms with van der Waals surface area (Å²) in [5.74, 6) is 0.0861. The van der Waals surface area contributed by atoms with E-state index in [0.29, 0.717) is 6.54 Å². The Kier molecular flexibility index (Phi) is 4.96. The largest absolute Gasteiger partial charge is 0.358 e. The molecule has 0 saturated carbocycles. The molecule has 2 unspecified atom stereocenters. The number of nitrogens with zero attached hydrogens (tertiary/aromatic N) is 1. The van der Waals surface area contributed by atoms with Crippen molar-refractivity contribution >= 4 is 21.8 Å². The predicted molar refractivity (Wildman–Crippen MR) is 79.7 cm³/mol. The van der Waals surface area contributed by atoms with Gasteiger partial charge in [-0.1, -0.05) is 34.1 Å². The van der Waals surface area contributed by atoms with Crippen molar-refractivity contribution in [3.63, 3.8) is 0 Å². The SMILES string of the molecule is CNC(=O)C1CCCN1C(CN)c1ccccc1Br. The van der Waals surface area contributed by atoms with Crippen LogP contribution < -0.4 is 11.1 Å². The van der Waals surface area contributed by atoms with Crippen LogP contribution in [0.5, 0.6) is 0 Å². The highest BCUT2D eigenvalue weighted by molar-refractivity contribution is 9.10. The molecule has 2 atom stereocenters. The molecule has 0 aliphatic carbocycles. The van der Waals surface area contributed by atoms with Crippen LogP contribution in [0.2, 0.25) is 0 Å². The van der Waals surface area contributed by atoms with Gasteiger partial charge in [0.1, 0.15) is 0 Å². The summed E-state index contributed by atoms with van der Waals surface area (Å²) in [6.07, 6.45) is 1.94. The molecule has 1 aromatic rings. The third-order valence-electron chi connectivity index (χ3n) is 3.73. The first kappa shape index (κ1) is 14.5. The summed E-state index contributed by atoms with van der Waals surface area (Å²) in [4.78, 5) is 14.2. The summed E-state index contributed by atoms with van der Waals surface area (Å²) in [5.41, 5.74) is 7.12. The fourth-order valence-corrected chi connectivity index (χ4v) is 3.35. The maximum atomic E-state index is 12.0. The second-order valence-corrected chi connectivity index (χ2v) is 5.64. The van der Waals surface area contributed by atoms with Crippen molar-refractivity contribution in [2.75, 3.05) is 20.1 Å². The van der Waals surface area contributed by atoms with Crippen molar-refractivity contribution in [1.29, 1.82) is 0 Å². The van der Waals surface area contributed by atoms with Crippen molar-refractivity contribution in [3.05, 3.63) is 34.3 Å². The summed E-state index contributed by atoms with van der Waals surface area (Å²) >= 11 is 3.58. The van der Waals surface area contributed by atoms with Gasteiger partial charge in [0, 0.05) is 24.1 Å². The Morgan fingerprint density at radius 1 is 1.58 bits per heavy atom. The third kappa shape index (κ3) is 2.99. The monoisotopic (exact) mass is 325 g/mol. The second-order valence-electron chi connectivity index (χ2n) is 4.78. The number of likely N-dealkylation sites (N-methyl/N-ethyl adjacent to an activating group) is 1.